The average Bonchev–Trinajstić information content (AvgIpc) is 2.38. The zero-order valence-electron chi connectivity index (χ0n) is 10.6. The fourth-order valence-corrected chi connectivity index (χ4v) is 2.25. The van der Waals surface area contributed by atoms with Crippen molar-refractivity contribution < 1.29 is 4.74 Å². The molecule has 1 saturated heterocycles. The number of aromatic nitrogens is 2. The average molecular weight is 235 g/mol. The third kappa shape index (κ3) is 3.48. The van der Waals surface area contributed by atoms with E-state index >= 15 is 0 Å². The van der Waals surface area contributed by atoms with Gasteiger partial charge in [0.15, 0.2) is 0 Å². The monoisotopic (exact) mass is 235 g/mol. The fraction of sp³-hybridized carbons (Fsp3) is 0.692. The second kappa shape index (κ2) is 6.07. The van der Waals surface area contributed by atoms with Crippen LogP contribution >= 0.6 is 0 Å². The van der Waals surface area contributed by atoms with Gasteiger partial charge in [-0.1, -0.05) is 0 Å². The molecule has 1 fully saturated rings. The van der Waals surface area contributed by atoms with E-state index in [1.807, 2.05) is 26.4 Å². The van der Waals surface area contributed by atoms with Crippen LogP contribution in [0.3, 0.4) is 0 Å². The van der Waals surface area contributed by atoms with Crippen LogP contribution in [0.2, 0.25) is 0 Å². The van der Waals surface area contributed by atoms with Gasteiger partial charge < -0.3 is 10.1 Å². The van der Waals surface area contributed by atoms with Gasteiger partial charge >= 0.3 is 0 Å². The lowest BCUT2D eigenvalue weighted by molar-refractivity contribution is 0.0605. The quantitative estimate of drug-likeness (QED) is 0.865. The molecule has 0 spiro atoms. The van der Waals surface area contributed by atoms with Crippen molar-refractivity contribution in [3.63, 3.8) is 0 Å². The first kappa shape index (κ1) is 12.5. The third-order valence-electron chi connectivity index (χ3n) is 3.37. The number of aryl methyl sites for hydroxylation is 1. The maximum atomic E-state index is 5.38. The Morgan fingerprint density at radius 1 is 1.35 bits per heavy atom. The number of hydrogen-bond acceptors (Lipinski definition) is 4. The lowest BCUT2D eigenvalue weighted by Crippen LogP contribution is -2.25. The second-order valence-corrected chi connectivity index (χ2v) is 4.75. The van der Waals surface area contributed by atoms with Gasteiger partial charge in [-0.15, -0.1) is 0 Å². The molecule has 1 aromatic rings. The fourth-order valence-electron chi connectivity index (χ4n) is 2.25. The molecule has 0 saturated carbocycles. The van der Waals surface area contributed by atoms with E-state index in [4.69, 9.17) is 4.74 Å². The number of nitrogens with one attached hydrogen (secondary N) is 1. The summed E-state index contributed by atoms with van der Waals surface area (Å²) in [5, 5.41) is 3.32. The van der Waals surface area contributed by atoms with E-state index in [1.54, 1.807) is 0 Å². The predicted molar refractivity (Wildman–Crippen MR) is 66.7 cm³/mol. The summed E-state index contributed by atoms with van der Waals surface area (Å²) in [5.74, 6) is 1.63. The van der Waals surface area contributed by atoms with Gasteiger partial charge in [0.1, 0.15) is 5.82 Å². The first-order valence-corrected chi connectivity index (χ1v) is 6.33. The zero-order valence-corrected chi connectivity index (χ0v) is 10.6. The first-order valence-electron chi connectivity index (χ1n) is 6.33. The molecule has 94 valence electrons. The summed E-state index contributed by atoms with van der Waals surface area (Å²) in [4.78, 5) is 8.82. The van der Waals surface area contributed by atoms with Crippen LogP contribution in [0.5, 0.6) is 0 Å². The van der Waals surface area contributed by atoms with Crippen molar-refractivity contribution in [3.05, 3.63) is 23.8 Å². The van der Waals surface area contributed by atoms with E-state index in [-0.39, 0.29) is 6.04 Å². The van der Waals surface area contributed by atoms with Gasteiger partial charge in [0.05, 0.1) is 6.04 Å². The molecule has 0 bridgehead atoms. The van der Waals surface area contributed by atoms with Crippen molar-refractivity contribution in [2.24, 2.45) is 5.92 Å². The summed E-state index contributed by atoms with van der Waals surface area (Å²) in [6.45, 7) is 3.81. The van der Waals surface area contributed by atoms with Gasteiger partial charge in [0, 0.05) is 25.6 Å². The number of nitrogens with zero attached hydrogens (tertiary/aromatic N) is 2. The highest BCUT2D eigenvalue weighted by Crippen LogP contribution is 2.25. The van der Waals surface area contributed by atoms with Crippen molar-refractivity contribution in [2.75, 3.05) is 20.3 Å². The molecule has 2 rings (SSSR count). The molecule has 4 nitrogen and oxygen atoms in total. The van der Waals surface area contributed by atoms with Gasteiger partial charge in [-0.25, -0.2) is 9.97 Å². The zero-order chi connectivity index (χ0) is 12.1. The topological polar surface area (TPSA) is 47.0 Å². The maximum absolute atomic E-state index is 5.38. The molecule has 1 atom stereocenters. The summed E-state index contributed by atoms with van der Waals surface area (Å²) < 4.78 is 5.38. The molecule has 1 unspecified atom stereocenters. The Bertz CT molecular complexity index is 333. The molecule has 1 aliphatic heterocycles. The number of hydrogen-bond donors (Lipinski definition) is 1. The molecule has 1 aliphatic rings. The summed E-state index contributed by atoms with van der Waals surface area (Å²) in [7, 11) is 1.98. The van der Waals surface area contributed by atoms with Gasteiger partial charge in [0.2, 0.25) is 0 Å². The van der Waals surface area contributed by atoms with Gasteiger partial charge in [-0.05, 0) is 44.7 Å². The minimum atomic E-state index is 0.263. The Balaban J connectivity index is 1.97. The van der Waals surface area contributed by atoms with Crippen LogP contribution in [0.4, 0.5) is 0 Å². The molecular formula is C13H21N3O. The van der Waals surface area contributed by atoms with E-state index < -0.39 is 0 Å². The van der Waals surface area contributed by atoms with Gasteiger partial charge in [0.25, 0.3) is 0 Å². The number of rotatable bonds is 4. The Labute approximate surface area is 103 Å². The third-order valence-corrected chi connectivity index (χ3v) is 3.37. The molecule has 17 heavy (non-hydrogen) atoms. The standard InChI is InChI=1S/C13H21N3O/c1-10-8-15-13(16-9-10)12(14-2)7-11-3-5-17-6-4-11/h8-9,11-12,14H,3-7H2,1-2H3. The highest BCUT2D eigenvalue weighted by atomic mass is 16.5. The van der Waals surface area contributed by atoms with Crippen LogP contribution < -0.4 is 5.32 Å². The van der Waals surface area contributed by atoms with Crippen molar-refractivity contribution in [2.45, 2.75) is 32.2 Å². The van der Waals surface area contributed by atoms with Crippen molar-refractivity contribution in [1.82, 2.24) is 15.3 Å². The lowest BCUT2D eigenvalue weighted by atomic mass is 9.92. The normalized spacial score (nSPS) is 19.2. The molecule has 4 heteroatoms. The van der Waals surface area contributed by atoms with Crippen LogP contribution in [0.15, 0.2) is 12.4 Å². The van der Waals surface area contributed by atoms with Crippen molar-refractivity contribution >= 4 is 0 Å². The Morgan fingerprint density at radius 2 is 2.00 bits per heavy atom. The first-order chi connectivity index (χ1) is 8.29. The molecular weight excluding hydrogens is 214 g/mol. The van der Waals surface area contributed by atoms with Crippen LogP contribution in [0.25, 0.3) is 0 Å². The van der Waals surface area contributed by atoms with E-state index in [9.17, 15) is 0 Å². The Kier molecular flexibility index (Phi) is 4.45. The Hall–Kier alpha value is -1.00. The minimum absolute atomic E-state index is 0.263. The summed E-state index contributed by atoms with van der Waals surface area (Å²) in [6, 6.07) is 0.263. The molecule has 0 radical (unpaired) electrons. The molecule has 0 amide bonds. The molecule has 1 N–H and O–H groups in total. The van der Waals surface area contributed by atoms with Crippen LogP contribution in [-0.4, -0.2) is 30.2 Å². The summed E-state index contributed by atoms with van der Waals surface area (Å²) in [6.07, 6.45) is 7.18. The van der Waals surface area contributed by atoms with Crippen molar-refractivity contribution in [1.29, 1.82) is 0 Å². The van der Waals surface area contributed by atoms with Gasteiger partial charge in [-0.3, -0.25) is 0 Å². The van der Waals surface area contributed by atoms with Gasteiger partial charge in [-0.2, -0.15) is 0 Å². The molecule has 0 aliphatic carbocycles. The summed E-state index contributed by atoms with van der Waals surface area (Å²) >= 11 is 0. The van der Waals surface area contributed by atoms with E-state index in [0.717, 1.165) is 49.8 Å². The van der Waals surface area contributed by atoms with E-state index in [0.29, 0.717) is 0 Å². The van der Waals surface area contributed by atoms with Crippen LogP contribution in [0, 0.1) is 12.8 Å². The van der Waals surface area contributed by atoms with E-state index in [2.05, 4.69) is 15.3 Å². The maximum Gasteiger partial charge on any atom is 0.145 e. The smallest absolute Gasteiger partial charge is 0.145 e. The van der Waals surface area contributed by atoms with Crippen LogP contribution in [-0.2, 0) is 4.74 Å². The van der Waals surface area contributed by atoms with Crippen molar-refractivity contribution in [3.8, 4) is 0 Å². The molecule has 1 aromatic heterocycles. The molecule has 0 aromatic carbocycles. The number of ether oxygens (including phenoxy) is 1. The van der Waals surface area contributed by atoms with Crippen LogP contribution in [0.1, 0.15) is 36.7 Å². The Morgan fingerprint density at radius 3 is 2.59 bits per heavy atom. The minimum Gasteiger partial charge on any atom is -0.381 e. The highest BCUT2D eigenvalue weighted by molar-refractivity contribution is 5.04. The predicted octanol–water partition coefficient (Wildman–Crippen LogP) is 1.86. The lowest BCUT2D eigenvalue weighted by Gasteiger charge is -2.25. The van der Waals surface area contributed by atoms with E-state index in [1.165, 1.54) is 0 Å². The second-order valence-electron chi connectivity index (χ2n) is 4.75. The summed E-state index contributed by atoms with van der Waals surface area (Å²) in [5.41, 5.74) is 1.11. The highest BCUT2D eigenvalue weighted by Gasteiger charge is 2.20. The largest absolute Gasteiger partial charge is 0.381 e. The molecule has 2 heterocycles. The SMILES string of the molecule is CNC(CC1CCOCC1)c1ncc(C)cn1.